The van der Waals surface area contributed by atoms with Gasteiger partial charge in [-0.3, -0.25) is 20.0 Å². The fourth-order valence-electron chi connectivity index (χ4n) is 6.09. The van der Waals surface area contributed by atoms with Gasteiger partial charge in [-0.2, -0.15) is 5.48 Å². The average molecular weight is 410 g/mol. The molecule has 0 spiro atoms. The molecular weight excluding hydrogens is 370 g/mol. The van der Waals surface area contributed by atoms with Crippen molar-refractivity contribution in [1.82, 2.24) is 25.9 Å². The molecular formula is C21H39N5O3. The van der Waals surface area contributed by atoms with Gasteiger partial charge in [-0.05, 0) is 71.5 Å². The smallest absolute Gasteiger partial charge is 0.147 e. The summed E-state index contributed by atoms with van der Waals surface area (Å²) in [6, 6.07) is 0.469. The molecule has 0 aromatic heterocycles. The van der Waals surface area contributed by atoms with Gasteiger partial charge in [0.1, 0.15) is 13.0 Å². The molecule has 4 saturated heterocycles. The summed E-state index contributed by atoms with van der Waals surface area (Å²) in [6.07, 6.45) is 9.97. The molecule has 1 saturated carbocycles. The summed E-state index contributed by atoms with van der Waals surface area (Å²) < 4.78 is 11.5. The first-order chi connectivity index (χ1) is 14.2. The van der Waals surface area contributed by atoms with Crippen molar-refractivity contribution in [2.75, 3.05) is 40.5 Å². The van der Waals surface area contributed by atoms with Crippen molar-refractivity contribution < 1.29 is 14.3 Å². The number of ether oxygens (including phenoxy) is 2. The maximum atomic E-state index is 6.08. The molecule has 8 nitrogen and oxygen atoms in total. The Morgan fingerprint density at radius 1 is 1.03 bits per heavy atom. The molecule has 3 N–H and O–H groups in total. The third-order valence-electron chi connectivity index (χ3n) is 7.85. The van der Waals surface area contributed by atoms with Gasteiger partial charge in [0.15, 0.2) is 0 Å². The van der Waals surface area contributed by atoms with E-state index in [2.05, 4.69) is 40.0 Å². The van der Waals surface area contributed by atoms with Crippen molar-refractivity contribution >= 4 is 0 Å². The third-order valence-corrected chi connectivity index (χ3v) is 7.85. The maximum Gasteiger partial charge on any atom is 0.147 e. The first kappa shape index (κ1) is 20.6. The quantitative estimate of drug-likeness (QED) is 0.612. The Hall–Kier alpha value is -0.320. The lowest BCUT2D eigenvalue weighted by molar-refractivity contribution is -0.0299. The lowest BCUT2D eigenvalue weighted by Gasteiger charge is -2.36. The molecule has 5 aliphatic rings. The van der Waals surface area contributed by atoms with Crippen molar-refractivity contribution in [3.05, 3.63) is 0 Å². The molecule has 0 bridgehead atoms. The van der Waals surface area contributed by atoms with Crippen LogP contribution in [-0.2, 0) is 14.3 Å². The summed E-state index contributed by atoms with van der Waals surface area (Å²) in [4.78, 5) is 11.0. The first-order valence-corrected chi connectivity index (χ1v) is 11.7. The van der Waals surface area contributed by atoms with Crippen LogP contribution in [0.2, 0.25) is 0 Å². The average Bonchev–Trinajstić information content (AvgIpc) is 3.48. The van der Waals surface area contributed by atoms with Crippen LogP contribution in [0.5, 0.6) is 0 Å². The van der Waals surface area contributed by atoms with Crippen LogP contribution in [0.1, 0.15) is 44.9 Å². The van der Waals surface area contributed by atoms with Crippen LogP contribution < -0.4 is 16.1 Å². The molecule has 29 heavy (non-hydrogen) atoms. The first-order valence-electron chi connectivity index (χ1n) is 11.7. The molecule has 5 fully saturated rings. The number of nitrogens with zero attached hydrogens (tertiary/aromatic N) is 2. The van der Waals surface area contributed by atoms with Crippen molar-refractivity contribution in [2.45, 2.75) is 81.8 Å². The van der Waals surface area contributed by atoms with Crippen LogP contribution in [0, 0.1) is 11.8 Å². The van der Waals surface area contributed by atoms with Gasteiger partial charge in [0.05, 0.1) is 30.6 Å². The van der Waals surface area contributed by atoms with Gasteiger partial charge in [-0.1, -0.05) is 0 Å². The summed E-state index contributed by atoms with van der Waals surface area (Å²) in [6.45, 7) is 3.88. The SMILES string of the molecule is CN(C)C1CCC(C2NOC(C3CCCN3CC3CCC4OCOC4C3)N2)CN1. The van der Waals surface area contributed by atoms with Crippen molar-refractivity contribution in [2.24, 2.45) is 11.8 Å². The molecule has 0 radical (unpaired) electrons. The molecule has 166 valence electrons. The zero-order chi connectivity index (χ0) is 19.8. The Kier molecular flexibility index (Phi) is 6.42. The summed E-state index contributed by atoms with van der Waals surface area (Å²) in [5.74, 6) is 1.29. The van der Waals surface area contributed by atoms with Crippen LogP contribution in [0.15, 0.2) is 0 Å². The normalized spacial score (nSPS) is 46.4. The van der Waals surface area contributed by atoms with E-state index in [0.29, 0.717) is 43.0 Å². The van der Waals surface area contributed by atoms with E-state index in [9.17, 15) is 0 Å². The van der Waals surface area contributed by atoms with E-state index in [-0.39, 0.29) is 12.4 Å². The summed E-state index contributed by atoms with van der Waals surface area (Å²) >= 11 is 0. The zero-order valence-electron chi connectivity index (χ0n) is 18.0. The Morgan fingerprint density at radius 2 is 1.93 bits per heavy atom. The highest BCUT2D eigenvalue weighted by molar-refractivity contribution is 4.93. The Balaban J connectivity index is 1.11. The van der Waals surface area contributed by atoms with Crippen molar-refractivity contribution in [3.63, 3.8) is 0 Å². The van der Waals surface area contributed by atoms with Gasteiger partial charge < -0.3 is 14.8 Å². The standard InChI is InChI=1S/C21H39N5O3/c1-25(2)19-8-6-15(11-22-19)20-23-21(29-24-20)16-4-3-9-26(16)12-14-5-7-17-18(10-14)28-13-27-17/h14-24H,3-13H2,1-2H3. The fourth-order valence-corrected chi connectivity index (χ4v) is 6.09. The number of piperidine rings is 1. The van der Waals surface area contributed by atoms with Crippen LogP contribution >= 0.6 is 0 Å². The Labute approximate surface area is 174 Å². The van der Waals surface area contributed by atoms with E-state index in [1.165, 1.54) is 45.2 Å². The molecule has 1 aliphatic carbocycles. The maximum absolute atomic E-state index is 6.08. The van der Waals surface area contributed by atoms with E-state index < -0.39 is 0 Å². The van der Waals surface area contributed by atoms with Gasteiger partial charge in [0, 0.05) is 19.0 Å². The lowest BCUT2D eigenvalue weighted by atomic mass is 9.85. The minimum atomic E-state index is 0.0940. The minimum Gasteiger partial charge on any atom is -0.349 e. The fraction of sp³-hybridized carbons (Fsp3) is 1.00. The Morgan fingerprint density at radius 3 is 2.76 bits per heavy atom. The lowest BCUT2D eigenvalue weighted by Crippen LogP contribution is -2.54. The topological polar surface area (TPSA) is 70.3 Å². The number of nitrogens with one attached hydrogen (secondary N) is 3. The second-order valence-corrected chi connectivity index (χ2v) is 9.94. The third kappa shape index (κ3) is 4.50. The summed E-state index contributed by atoms with van der Waals surface area (Å²) in [5, 5.41) is 7.45. The zero-order valence-corrected chi connectivity index (χ0v) is 18.0. The Bertz CT molecular complexity index is 544. The van der Waals surface area contributed by atoms with Crippen molar-refractivity contribution in [1.29, 1.82) is 0 Å². The molecule has 5 rings (SSSR count). The van der Waals surface area contributed by atoms with Gasteiger partial charge in [0.2, 0.25) is 0 Å². The highest BCUT2D eigenvalue weighted by atomic mass is 16.7. The van der Waals surface area contributed by atoms with Crippen LogP contribution in [0.3, 0.4) is 0 Å². The van der Waals surface area contributed by atoms with Crippen LogP contribution in [0.4, 0.5) is 0 Å². The summed E-state index contributed by atoms with van der Waals surface area (Å²) in [5.41, 5.74) is 3.32. The molecule has 8 heteroatoms. The highest BCUT2D eigenvalue weighted by Gasteiger charge is 2.42. The predicted octanol–water partition coefficient (Wildman–Crippen LogP) is 0.656. The predicted molar refractivity (Wildman–Crippen MR) is 110 cm³/mol. The number of hydrogen-bond acceptors (Lipinski definition) is 8. The monoisotopic (exact) mass is 409 g/mol. The number of fused-ring (bicyclic) bond motifs is 1. The van der Waals surface area contributed by atoms with E-state index in [1.54, 1.807) is 0 Å². The van der Waals surface area contributed by atoms with E-state index >= 15 is 0 Å². The van der Waals surface area contributed by atoms with E-state index in [1.807, 2.05) is 0 Å². The molecule has 4 heterocycles. The van der Waals surface area contributed by atoms with Crippen molar-refractivity contribution in [3.8, 4) is 0 Å². The van der Waals surface area contributed by atoms with Gasteiger partial charge in [-0.25, -0.2) is 0 Å². The molecule has 0 aromatic rings. The second-order valence-electron chi connectivity index (χ2n) is 9.94. The van der Waals surface area contributed by atoms with Gasteiger partial charge in [-0.15, -0.1) is 0 Å². The van der Waals surface area contributed by atoms with Crippen LogP contribution in [-0.4, -0.2) is 87.1 Å². The van der Waals surface area contributed by atoms with E-state index in [4.69, 9.17) is 14.3 Å². The largest absolute Gasteiger partial charge is 0.349 e. The molecule has 0 aromatic carbocycles. The van der Waals surface area contributed by atoms with E-state index in [0.717, 1.165) is 19.4 Å². The number of hydroxylamine groups is 1. The minimum absolute atomic E-state index is 0.0940. The molecule has 0 amide bonds. The highest BCUT2D eigenvalue weighted by Crippen LogP contribution is 2.34. The summed E-state index contributed by atoms with van der Waals surface area (Å²) in [7, 11) is 4.30. The number of rotatable bonds is 5. The molecule has 8 atom stereocenters. The van der Waals surface area contributed by atoms with Gasteiger partial charge >= 0.3 is 0 Å². The number of likely N-dealkylation sites (tertiary alicyclic amines) is 1. The molecule has 4 aliphatic heterocycles. The number of hydrogen-bond donors (Lipinski definition) is 3. The van der Waals surface area contributed by atoms with Crippen LogP contribution in [0.25, 0.3) is 0 Å². The second kappa shape index (κ2) is 9.04. The van der Waals surface area contributed by atoms with Gasteiger partial charge in [0.25, 0.3) is 0 Å². The molecule has 8 unspecified atom stereocenters.